The summed E-state index contributed by atoms with van der Waals surface area (Å²) in [7, 11) is 0. The van der Waals surface area contributed by atoms with E-state index in [0.717, 1.165) is 0 Å². The zero-order chi connectivity index (χ0) is 9.44. The maximum Gasteiger partial charge on any atom is 0.310 e. The summed E-state index contributed by atoms with van der Waals surface area (Å²) in [5, 5.41) is -0.361. The predicted molar refractivity (Wildman–Crippen MR) is 39.0 cm³/mol. The largest absolute Gasteiger partial charge is 0.394 e. The van der Waals surface area contributed by atoms with Crippen molar-refractivity contribution in [2.45, 2.75) is 20.8 Å². The summed E-state index contributed by atoms with van der Waals surface area (Å²) in [4.78, 5) is 28.8. The maximum absolute atomic E-state index is 9.81. The molecule has 11 heavy (non-hydrogen) atoms. The summed E-state index contributed by atoms with van der Waals surface area (Å²) in [6.45, 7) is 3.66. The third-order valence-corrected chi connectivity index (χ3v) is 0.287. The molecule has 4 nitrogen and oxygen atoms in total. The Morgan fingerprint density at radius 3 is 1.18 bits per heavy atom. The third-order valence-electron chi connectivity index (χ3n) is 0.287. The minimum absolute atomic E-state index is 0.361. The van der Waals surface area contributed by atoms with E-state index in [1.54, 1.807) is 0 Å². The van der Waals surface area contributed by atoms with Crippen molar-refractivity contribution in [3.63, 3.8) is 0 Å². The van der Waals surface area contributed by atoms with E-state index < -0.39 is 11.9 Å². The van der Waals surface area contributed by atoms with Crippen LogP contribution in [0.4, 0.5) is 0 Å². The molecule has 0 rings (SSSR count). The van der Waals surface area contributed by atoms with E-state index >= 15 is 0 Å². The Morgan fingerprint density at radius 1 is 1.00 bits per heavy atom. The van der Waals surface area contributed by atoms with Gasteiger partial charge in [0.15, 0.2) is 0 Å². The van der Waals surface area contributed by atoms with Crippen LogP contribution in [0.3, 0.4) is 0 Å². The van der Waals surface area contributed by atoms with E-state index in [1.165, 1.54) is 20.8 Å². The van der Waals surface area contributed by atoms with Crippen LogP contribution in [0.2, 0.25) is 0 Å². The summed E-state index contributed by atoms with van der Waals surface area (Å²) in [6.07, 6.45) is 0. The molecule has 0 amide bonds. The molecule has 0 atom stereocenters. The van der Waals surface area contributed by atoms with Crippen molar-refractivity contribution in [2.24, 2.45) is 0 Å². The molecule has 0 saturated carbocycles. The third kappa shape index (κ3) is 47.7. The zero-order valence-electron chi connectivity index (χ0n) is 6.51. The normalized spacial score (nSPS) is 7.27. The Bertz CT molecular complexity index is 148. The van der Waals surface area contributed by atoms with Crippen LogP contribution in [0.15, 0.2) is 0 Å². The lowest BCUT2D eigenvalue weighted by Crippen LogP contribution is -2.03. The highest BCUT2D eigenvalue weighted by atomic mass is 35.5. The van der Waals surface area contributed by atoms with Gasteiger partial charge in [-0.15, -0.1) is 0 Å². The van der Waals surface area contributed by atoms with Crippen LogP contribution in [0, 0.1) is 0 Å². The van der Waals surface area contributed by atoms with Gasteiger partial charge in [0.25, 0.3) is 0 Å². The molecule has 0 spiro atoms. The summed E-state index contributed by atoms with van der Waals surface area (Å²) in [5.74, 6) is -1.12. The standard InChI is InChI=1S/C4H6O3.C2H3ClO/c1-3(5)7-4(2)6;1-2(3)4/h1-2H3;1H3. The van der Waals surface area contributed by atoms with E-state index in [0.29, 0.717) is 0 Å². The van der Waals surface area contributed by atoms with Gasteiger partial charge in [0, 0.05) is 20.8 Å². The van der Waals surface area contributed by atoms with Gasteiger partial charge in [0.2, 0.25) is 5.24 Å². The number of hydrogen-bond acceptors (Lipinski definition) is 4. The molecule has 0 aliphatic heterocycles. The van der Waals surface area contributed by atoms with Crippen molar-refractivity contribution < 1.29 is 19.1 Å². The molecule has 0 aliphatic carbocycles. The van der Waals surface area contributed by atoms with Crippen molar-refractivity contribution >= 4 is 28.8 Å². The van der Waals surface area contributed by atoms with Gasteiger partial charge in [0.1, 0.15) is 0 Å². The first-order chi connectivity index (χ1) is 4.86. The number of hydrogen-bond donors (Lipinski definition) is 0. The van der Waals surface area contributed by atoms with Crippen LogP contribution in [-0.4, -0.2) is 17.2 Å². The van der Waals surface area contributed by atoms with E-state index in [1.807, 2.05) is 0 Å². The van der Waals surface area contributed by atoms with Crippen molar-refractivity contribution in [3.05, 3.63) is 0 Å². The second-order valence-electron chi connectivity index (χ2n) is 1.56. The molecular weight excluding hydrogens is 172 g/mol. The van der Waals surface area contributed by atoms with Gasteiger partial charge in [-0.05, 0) is 11.6 Å². The van der Waals surface area contributed by atoms with Gasteiger partial charge in [-0.25, -0.2) is 0 Å². The maximum atomic E-state index is 9.81. The number of esters is 2. The first kappa shape index (κ1) is 12.7. The van der Waals surface area contributed by atoms with Crippen molar-refractivity contribution in [2.75, 3.05) is 0 Å². The van der Waals surface area contributed by atoms with Crippen molar-refractivity contribution in [1.82, 2.24) is 0 Å². The number of ether oxygens (including phenoxy) is 1. The fraction of sp³-hybridized carbons (Fsp3) is 0.500. The molecule has 0 heterocycles. The fourth-order valence-electron chi connectivity index (χ4n) is 0.202. The summed E-state index contributed by atoms with van der Waals surface area (Å²) < 4.78 is 3.97. The van der Waals surface area contributed by atoms with Crippen LogP contribution >= 0.6 is 11.6 Å². The number of rotatable bonds is 0. The van der Waals surface area contributed by atoms with Gasteiger partial charge in [-0.2, -0.15) is 0 Å². The number of halogens is 1. The Hall–Kier alpha value is -0.900. The molecule has 0 aromatic carbocycles. The quantitative estimate of drug-likeness (QED) is 0.315. The Morgan fingerprint density at radius 2 is 1.18 bits per heavy atom. The minimum Gasteiger partial charge on any atom is -0.394 e. The van der Waals surface area contributed by atoms with Crippen LogP contribution in [-0.2, 0) is 19.1 Å². The lowest BCUT2D eigenvalue weighted by atomic mass is 10.7. The van der Waals surface area contributed by atoms with Crippen molar-refractivity contribution in [3.8, 4) is 0 Å². The topological polar surface area (TPSA) is 60.4 Å². The van der Waals surface area contributed by atoms with Crippen LogP contribution in [0.5, 0.6) is 0 Å². The van der Waals surface area contributed by atoms with E-state index in [4.69, 9.17) is 0 Å². The lowest BCUT2D eigenvalue weighted by molar-refractivity contribution is -0.156. The van der Waals surface area contributed by atoms with Crippen LogP contribution in [0.25, 0.3) is 0 Å². The van der Waals surface area contributed by atoms with E-state index in [-0.39, 0.29) is 5.24 Å². The first-order valence-corrected chi connectivity index (χ1v) is 3.09. The second-order valence-corrected chi connectivity index (χ2v) is 2.09. The average Bonchev–Trinajstić information content (AvgIpc) is 1.56. The molecule has 0 aliphatic rings. The summed E-state index contributed by atoms with van der Waals surface area (Å²) in [6, 6.07) is 0. The smallest absolute Gasteiger partial charge is 0.310 e. The van der Waals surface area contributed by atoms with Gasteiger partial charge < -0.3 is 4.74 Å². The monoisotopic (exact) mass is 180 g/mol. The van der Waals surface area contributed by atoms with Crippen molar-refractivity contribution in [1.29, 1.82) is 0 Å². The molecule has 0 bridgehead atoms. The molecule has 0 fully saturated rings. The molecular formula is C6H9ClO4. The van der Waals surface area contributed by atoms with E-state index in [2.05, 4.69) is 16.3 Å². The Balaban J connectivity index is 0. The number of carbonyl (C=O) groups is 3. The Labute approximate surface area is 69.5 Å². The molecule has 0 aromatic rings. The van der Waals surface area contributed by atoms with Gasteiger partial charge in [0.05, 0.1) is 0 Å². The van der Waals surface area contributed by atoms with Gasteiger partial charge in [-0.1, -0.05) is 0 Å². The zero-order valence-corrected chi connectivity index (χ0v) is 7.27. The lowest BCUT2D eigenvalue weighted by Gasteiger charge is -1.87. The predicted octanol–water partition coefficient (Wildman–Crippen LogP) is 0.868. The van der Waals surface area contributed by atoms with Crippen LogP contribution < -0.4 is 0 Å². The highest BCUT2D eigenvalue weighted by Gasteiger charge is 1.93. The second kappa shape index (κ2) is 7.21. The summed E-state index contributed by atoms with van der Waals surface area (Å²) >= 11 is 4.64. The van der Waals surface area contributed by atoms with E-state index in [9.17, 15) is 14.4 Å². The van der Waals surface area contributed by atoms with Gasteiger partial charge >= 0.3 is 11.9 Å². The molecule has 0 aromatic heterocycles. The van der Waals surface area contributed by atoms with Crippen LogP contribution in [0.1, 0.15) is 20.8 Å². The molecule has 0 radical (unpaired) electrons. The fourth-order valence-corrected chi connectivity index (χ4v) is 0.202. The molecule has 0 saturated heterocycles. The first-order valence-electron chi connectivity index (χ1n) is 2.71. The Kier molecular flexibility index (Phi) is 8.36. The molecule has 64 valence electrons. The highest BCUT2D eigenvalue weighted by molar-refractivity contribution is 6.62. The number of carbonyl (C=O) groups excluding carboxylic acids is 3. The molecule has 5 heteroatoms. The molecule has 0 N–H and O–H groups in total. The molecule has 0 unspecified atom stereocenters. The highest BCUT2D eigenvalue weighted by Crippen LogP contribution is 1.73. The van der Waals surface area contributed by atoms with Gasteiger partial charge in [-0.3, -0.25) is 14.4 Å². The summed E-state index contributed by atoms with van der Waals surface area (Å²) in [5.41, 5.74) is 0. The minimum atomic E-state index is -0.562. The SMILES string of the molecule is CC(=O)Cl.CC(=O)OC(C)=O. The average molecular weight is 181 g/mol.